The minimum absolute atomic E-state index is 0.282. The van der Waals surface area contributed by atoms with Gasteiger partial charge in [0.1, 0.15) is 0 Å². The molecular formula is C12H15BrN4. The Hall–Kier alpha value is -1.36. The first-order valence-corrected chi connectivity index (χ1v) is 6.27. The number of nitrogens with zero attached hydrogens (tertiary/aromatic N) is 3. The number of aryl methyl sites for hydroxylation is 1. The minimum Gasteiger partial charge on any atom is -0.381 e. The summed E-state index contributed by atoms with van der Waals surface area (Å²) in [7, 11) is 0. The minimum atomic E-state index is 0.282. The summed E-state index contributed by atoms with van der Waals surface area (Å²) < 4.78 is 2.85. The number of nitrogen functional groups attached to an aromatic ring is 1. The van der Waals surface area contributed by atoms with Crippen molar-refractivity contribution in [2.45, 2.75) is 26.7 Å². The molecule has 0 bridgehead atoms. The van der Waals surface area contributed by atoms with Crippen LogP contribution in [-0.4, -0.2) is 15.0 Å². The van der Waals surface area contributed by atoms with E-state index in [1.54, 1.807) is 4.68 Å². The summed E-state index contributed by atoms with van der Waals surface area (Å²) in [6.45, 7) is 6.20. The zero-order valence-electron chi connectivity index (χ0n) is 10.1. The van der Waals surface area contributed by atoms with Gasteiger partial charge in [-0.25, -0.2) is 4.68 Å². The molecule has 17 heavy (non-hydrogen) atoms. The van der Waals surface area contributed by atoms with Crippen molar-refractivity contribution in [3.8, 4) is 5.69 Å². The number of rotatable bonds is 2. The van der Waals surface area contributed by atoms with Crippen molar-refractivity contribution < 1.29 is 0 Å². The number of anilines is 1. The third kappa shape index (κ3) is 2.20. The number of aromatic nitrogens is 3. The molecule has 2 aromatic rings. The van der Waals surface area contributed by atoms with Crippen LogP contribution in [0.5, 0.6) is 0 Å². The van der Waals surface area contributed by atoms with Crippen LogP contribution in [0.3, 0.4) is 0 Å². The lowest BCUT2D eigenvalue weighted by atomic mass is 10.1. The van der Waals surface area contributed by atoms with Gasteiger partial charge >= 0.3 is 0 Å². The Balaban J connectivity index is 2.56. The lowest BCUT2D eigenvalue weighted by Gasteiger charge is -2.10. The average molecular weight is 295 g/mol. The van der Waals surface area contributed by atoms with Gasteiger partial charge < -0.3 is 5.73 Å². The van der Waals surface area contributed by atoms with Gasteiger partial charge in [-0.05, 0) is 30.5 Å². The number of benzene rings is 1. The second kappa shape index (κ2) is 4.49. The van der Waals surface area contributed by atoms with Crippen LogP contribution in [0.25, 0.3) is 5.69 Å². The topological polar surface area (TPSA) is 56.7 Å². The summed E-state index contributed by atoms with van der Waals surface area (Å²) in [6.07, 6.45) is 0. The fraction of sp³-hybridized carbons (Fsp3) is 0.333. The smallest absolute Gasteiger partial charge is 0.169 e. The Morgan fingerprint density at radius 1 is 1.35 bits per heavy atom. The first-order valence-electron chi connectivity index (χ1n) is 5.48. The molecule has 1 aromatic carbocycles. The molecule has 90 valence electrons. The van der Waals surface area contributed by atoms with Gasteiger partial charge in [-0.15, -0.1) is 5.10 Å². The molecule has 2 rings (SSSR count). The summed E-state index contributed by atoms with van der Waals surface area (Å²) in [5.41, 5.74) is 8.94. The van der Waals surface area contributed by atoms with E-state index in [2.05, 4.69) is 40.1 Å². The quantitative estimate of drug-likeness (QED) is 0.926. The van der Waals surface area contributed by atoms with Crippen molar-refractivity contribution in [2.24, 2.45) is 0 Å². The molecule has 4 nitrogen and oxygen atoms in total. The highest BCUT2D eigenvalue weighted by Crippen LogP contribution is 2.25. The van der Waals surface area contributed by atoms with Crippen LogP contribution in [0.4, 0.5) is 5.82 Å². The predicted octanol–water partition coefficient (Wildman–Crippen LogP) is 3.04. The number of hydrogen-bond acceptors (Lipinski definition) is 3. The van der Waals surface area contributed by atoms with Crippen LogP contribution in [0.2, 0.25) is 0 Å². The van der Waals surface area contributed by atoms with E-state index in [4.69, 9.17) is 5.73 Å². The van der Waals surface area contributed by atoms with E-state index >= 15 is 0 Å². The molecule has 1 aromatic heterocycles. The maximum absolute atomic E-state index is 5.84. The second-order valence-electron chi connectivity index (χ2n) is 4.36. The number of halogens is 1. The SMILES string of the molecule is Cc1ccc(-n2nnc(N)c2C(C)C)cc1Br. The fourth-order valence-corrected chi connectivity index (χ4v) is 2.11. The molecule has 0 aliphatic rings. The molecule has 2 N–H and O–H groups in total. The Labute approximate surface area is 109 Å². The molecule has 0 radical (unpaired) electrons. The van der Waals surface area contributed by atoms with Crippen molar-refractivity contribution in [3.63, 3.8) is 0 Å². The van der Waals surface area contributed by atoms with E-state index in [-0.39, 0.29) is 5.92 Å². The van der Waals surface area contributed by atoms with Crippen LogP contribution >= 0.6 is 15.9 Å². The van der Waals surface area contributed by atoms with Gasteiger partial charge in [0.05, 0.1) is 11.4 Å². The zero-order chi connectivity index (χ0) is 12.6. The maximum Gasteiger partial charge on any atom is 0.169 e. The van der Waals surface area contributed by atoms with E-state index in [0.717, 1.165) is 15.9 Å². The van der Waals surface area contributed by atoms with Gasteiger partial charge in [0.2, 0.25) is 0 Å². The van der Waals surface area contributed by atoms with Gasteiger partial charge in [0, 0.05) is 4.47 Å². The van der Waals surface area contributed by atoms with Crippen LogP contribution in [-0.2, 0) is 0 Å². The molecule has 0 saturated carbocycles. The molecule has 0 fully saturated rings. The first-order chi connectivity index (χ1) is 8.00. The Kier molecular flexibility index (Phi) is 3.19. The van der Waals surface area contributed by atoms with E-state index in [9.17, 15) is 0 Å². The third-order valence-electron chi connectivity index (χ3n) is 2.68. The van der Waals surface area contributed by atoms with E-state index in [1.165, 1.54) is 5.56 Å². The molecule has 0 spiro atoms. The molecule has 1 heterocycles. The van der Waals surface area contributed by atoms with Crippen molar-refractivity contribution in [1.29, 1.82) is 0 Å². The normalized spacial score (nSPS) is 11.1. The zero-order valence-corrected chi connectivity index (χ0v) is 11.7. The molecule has 0 amide bonds. The Bertz CT molecular complexity index is 545. The van der Waals surface area contributed by atoms with E-state index in [1.807, 2.05) is 25.1 Å². The highest BCUT2D eigenvalue weighted by atomic mass is 79.9. The monoisotopic (exact) mass is 294 g/mol. The van der Waals surface area contributed by atoms with Crippen LogP contribution in [0.15, 0.2) is 22.7 Å². The third-order valence-corrected chi connectivity index (χ3v) is 3.53. The van der Waals surface area contributed by atoms with Gasteiger partial charge in [-0.2, -0.15) is 0 Å². The number of hydrogen-bond donors (Lipinski definition) is 1. The standard InChI is InChI=1S/C12H15BrN4/c1-7(2)11-12(14)15-16-17(11)9-5-4-8(3)10(13)6-9/h4-7H,14H2,1-3H3. The molecular weight excluding hydrogens is 280 g/mol. The highest BCUT2D eigenvalue weighted by Gasteiger charge is 2.15. The van der Waals surface area contributed by atoms with Gasteiger partial charge in [0.15, 0.2) is 5.82 Å². The van der Waals surface area contributed by atoms with Crippen molar-refractivity contribution in [3.05, 3.63) is 33.9 Å². The summed E-state index contributed by atoms with van der Waals surface area (Å²) in [4.78, 5) is 0. The molecule has 0 aliphatic heterocycles. The lowest BCUT2D eigenvalue weighted by Crippen LogP contribution is -2.05. The maximum atomic E-state index is 5.84. The summed E-state index contributed by atoms with van der Waals surface area (Å²) in [5.74, 6) is 0.779. The molecule has 0 atom stereocenters. The predicted molar refractivity (Wildman–Crippen MR) is 72.3 cm³/mol. The summed E-state index contributed by atoms with van der Waals surface area (Å²) in [5, 5.41) is 8.04. The van der Waals surface area contributed by atoms with E-state index < -0.39 is 0 Å². The molecule has 0 saturated heterocycles. The van der Waals surface area contributed by atoms with Crippen molar-refractivity contribution >= 4 is 21.7 Å². The highest BCUT2D eigenvalue weighted by molar-refractivity contribution is 9.10. The molecule has 0 aliphatic carbocycles. The van der Waals surface area contributed by atoms with Crippen LogP contribution in [0, 0.1) is 6.92 Å². The van der Waals surface area contributed by atoms with Gasteiger partial charge in [0.25, 0.3) is 0 Å². The first kappa shape index (κ1) is 12.1. The van der Waals surface area contributed by atoms with E-state index in [0.29, 0.717) is 5.82 Å². The summed E-state index contributed by atoms with van der Waals surface area (Å²) in [6, 6.07) is 6.08. The van der Waals surface area contributed by atoms with Crippen LogP contribution < -0.4 is 5.73 Å². The lowest BCUT2D eigenvalue weighted by molar-refractivity contribution is 0.715. The van der Waals surface area contributed by atoms with Crippen molar-refractivity contribution in [1.82, 2.24) is 15.0 Å². The second-order valence-corrected chi connectivity index (χ2v) is 5.21. The fourth-order valence-electron chi connectivity index (χ4n) is 1.75. The number of nitrogens with two attached hydrogens (primary N) is 1. The average Bonchev–Trinajstić information content (AvgIpc) is 2.64. The Morgan fingerprint density at radius 2 is 2.06 bits per heavy atom. The summed E-state index contributed by atoms with van der Waals surface area (Å²) >= 11 is 3.52. The van der Waals surface area contributed by atoms with Crippen molar-refractivity contribution in [2.75, 3.05) is 5.73 Å². The molecule has 5 heteroatoms. The van der Waals surface area contributed by atoms with Crippen LogP contribution in [0.1, 0.15) is 31.0 Å². The largest absolute Gasteiger partial charge is 0.381 e. The van der Waals surface area contributed by atoms with Gasteiger partial charge in [-0.3, -0.25) is 0 Å². The molecule has 0 unspecified atom stereocenters. The Morgan fingerprint density at radius 3 is 2.65 bits per heavy atom. The van der Waals surface area contributed by atoms with Gasteiger partial charge in [-0.1, -0.05) is 41.1 Å².